The van der Waals surface area contributed by atoms with Crippen LogP contribution in [0.3, 0.4) is 0 Å². The van der Waals surface area contributed by atoms with Crippen LogP contribution in [-0.4, -0.2) is 42.6 Å². The van der Waals surface area contributed by atoms with Gasteiger partial charge in [0.05, 0.1) is 12.1 Å². The number of hydrogen-bond donors (Lipinski definition) is 2. The summed E-state index contributed by atoms with van der Waals surface area (Å²) in [5.41, 5.74) is 3.64. The number of amides is 1. The number of nitrogens with one attached hydrogen (secondary N) is 1. The summed E-state index contributed by atoms with van der Waals surface area (Å²) in [5, 5.41) is 2.69. The molecule has 0 fully saturated rings. The molecule has 1 amide bonds. The van der Waals surface area contributed by atoms with E-state index in [0.717, 1.165) is 0 Å². The highest BCUT2D eigenvalue weighted by Crippen LogP contribution is 2.35. The predicted molar refractivity (Wildman–Crippen MR) is 62.3 cm³/mol. The van der Waals surface area contributed by atoms with E-state index in [2.05, 4.69) is 10.1 Å². The molecular formula is C11H18F6N2O2. The van der Waals surface area contributed by atoms with Crippen LogP contribution in [0.2, 0.25) is 0 Å². The van der Waals surface area contributed by atoms with Crippen molar-refractivity contribution in [3.05, 3.63) is 0 Å². The van der Waals surface area contributed by atoms with Crippen LogP contribution in [0.15, 0.2) is 0 Å². The fraction of sp³-hybridized carbons (Fsp3) is 0.909. The Morgan fingerprint density at radius 2 is 1.57 bits per heavy atom. The maximum Gasteiger partial charge on any atom is 0.423 e. The summed E-state index contributed by atoms with van der Waals surface area (Å²) >= 11 is 0. The second-order valence-electron chi connectivity index (χ2n) is 5.08. The van der Waals surface area contributed by atoms with Gasteiger partial charge in [0.1, 0.15) is 0 Å². The normalized spacial score (nSPS) is 16.3. The van der Waals surface area contributed by atoms with Gasteiger partial charge in [0.2, 0.25) is 12.0 Å². The van der Waals surface area contributed by atoms with Crippen molar-refractivity contribution in [2.24, 2.45) is 5.73 Å². The zero-order chi connectivity index (χ0) is 17.1. The van der Waals surface area contributed by atoms with Crippen LogP contribution in [0.5, 0.6) is 0 Å². The van der Waals surface area contributed by atoms with Crippen molar-refractivity contribution in [1.29, 1.82) is 0 Å². The molecule has 0 aromatic rings. The molecule has 0 aromatic heterocycles. The van der Waals surface area contributed by atoms with Gasteiger partial charge in [0.15, 0.2) is 0 Å². The smallest absolute Gasteiger partial charge is 0.368 e. The molecule has 21 heavy (non-hydrogen) atoms. The topological polar surface area (TPSA) is 64.3 Å². The molecule has 10 heteroatoms. The summed E-state index contributed by atoms with van der Waals surface area (Å²) in [5.74, 6) is -0.893. The van der Waals surface area contributed by atoms with Crippen LogP contribution in [0.1, 0.15) is 27.2 Å². The summed E-state index contributed by atoms with van der Waals surface area (Å²) in [6, 6.07) is -0.247. The number of primary amides is 1. The number of carbonyl (C=O) groups is 1. The number of alkyl halides is 6. The molecule has 0 aliphatic carbocycles. The van der Waals surface area contributed by atoms with E-state index in [4.69, 9.17) is 5.73 Å². The van der Waals surface area contributed by atoms with Gasteiger partial charge in [-0.25, -0.2) is 0 Å². The van der Waals surface area contributed by atoms with Crippen LogP contribution < -0.4 is 11.1 Å². The lowest BCUT2D eigenvalue weighted by Crippen LogP contribution is -2.56. The second-order valence-corrected chi connectivity index (χ2v) is 5.08. The Balaban J connectivity index is 4.79. The summed E-state index contributed by atoms with van der Waals surface area (Å²) < 4.78 is 77.4. The Labute approximate surface area is 118 Å². The summed E-state index contributed by atoms with van der Waals surface area (Å²) in [6.45, 7) is 3.66. The molecule has 126 valence electrons. The first-order valence-electron chi connectivity index (χ1n) is 6.03. The fourth-order valence-electron chi connectivity index (χ4n) is 1.66. The maximum atomic E-state index is 12.3. The van der Waals surface area contributed by atoms with E-state index >= 15 is 0 Å². The molecule has 0 heterocycles. The Morgan fingerprint density at radius 3 is 1.86 bits per heavy atom. The number of carbonyl (C=O) groups excluding carboxylic acids is 1. The highest BCUT2D eigenvalue weighted by molar-refractivity contribution is 5.84. The first kappa shape index (κ1) is 20.0. The van der Waals surface area contributed by atoms with Gasteiger partial charge >= 0.3 is 12.4 Å². The molecule has 0 saturated heterocycles. The quantitative estimate of drug-likeness (QED) is 0.705. The summed E-state index contributed by atoms with van der Waals surface area (Å²) in [7, 11) is 0. The van der Waals surface area contributed by atoms with Gasteiger partial charge < -0.3 is 15.8 Å². The molecular weight excluding hydrogens is 306 g/mol. The van der Waals surface area contributed by atoms with Crippen molar-refractivity contribution in [1.82, 2.24) is 5.32 Å². The third-order valence-corrected chi connectivity index (χ3v) is 2.63. The Kier molecular flexibility index (Phi) is 6.49. The van der Waals surface area contributed by atoms with E-state index in [1.165, 1.54) is 6.92 Å². The lowest BCUT2D eigenvalue weighted by Gasteiger charge is -2.31. The predicted octanol–water partition coefficient (Wildman–Crippen LogP) is 2.13. The van der Waals surface area contributed by atoms with Crippen molar-refractivity contribution < 1.29 is 35.9 Å². The first-order chi connectivity index (χ1) is 9.20. The van der Waals surface area contributed by atoms with Crippen LogP contribution in [0.25, 0.3) is 0 Å². The lowest BCUT2D eigenvalue weighted by atomic mass is 9.96. The Morgan fingerprint density at radius 1 is 1.14 bits per heavy atom. The molecule has 0 spiro atoms. The summed E-state index contributed by atoms with van der Waals surface area (Å²) in [6.07, 6.45) is -15.5. The van der Waals surface area contributed by atoms with Gasteiger partial charge in [-0.15, -0.1) is 0 Å². The van der Waals surface area contributed by atoms with Crippen molar-refractivity contribution in [2.75, 3.05) is 6.61 Å². The van der Waals surface area contributed by atoms with E-state index in [0.29, 0.717) is 0 Å². The SMILES string of the molecule is CC(C)NC(C)(CCOC(C(F)(F)F)C(F)(F)F)C(N)=O. The molecule has 0 aliphatic rings. The Hall–Kier alpha value is -1.03. The molecule has 1 unspecified atom stereocenters. The molecule has 0 bridgehead atoms. The zero-order valence-electron chi connectivity index (χ0n) is 11.7. The van der Waals surface area contributed by atoms with Crippen LogP contribution in [-0.2, 0) is 9.53 Å². The van der Waals surface area contributed by atoms with E-state index in [1.807, 2.05) is 0 Å². The number of nitrogens with two attached hydrogens (primary N) is 1. The highest BCUT2D eigenvalue weighted by Gasteiger charge is 2.58. The van der Waals surface area contributed by atoms with Crippen LogP contribution >= 0.6 is 0 Å². The molecule has 0 radical (unpaired) electrons. The minimum Gasteiger partial charge on any atom is -0.368 e. The van der Waals surface area contributed by atoms with Crippen LogP contribution in [0.4, 0.5) is 26.3 Å². The van der Waals surface area contributed by atoms with E-state index in [9.17, 15) is 31.1 Å². The maximum absolute atomic E-state index is 12.3. The average molecular weight is 324 g/mol. The first-order valence-corrected chi connectivity index (χ1v) is 6.03. The molecule has 0 aliphatic heterocycles. The second kappa shape index (κ2) is 6.82. The number of hydrogen-bond acceptors (Lipinski definition) is 3. The van der Waals surface area contributed by atoms with Gasteiger partial charge in [0.25, 0.3) is 0 Å². The molecule has 0 rings (SSSR count). The standard InChI is InChI=1S/C11H18F6N2O2/c1-6(2)19-9(3,8(18)20)4-5-21-7(10(12,13)14)11(15,16)17/h6-7,19H,4-5H2,1-3H3,(H2,18,20). The van der Waals surface area contributed by atoms with Gasteiger partial charge in [-0.05, 0) is 27.2 Å². The lowest BCUT2D eigenvalue weighted by molar-refractivity contribution is -0.322. The van der Waals surface area contributed by atoms with Crippen molar-refractivity contribution in [2.45, 2.75) is 57.2 Å². The minimum atomic E-state index is -5.58. The average Bonchev–Trinajstić information content (AvgIpc) is 2.19. The third-order valence-electron chi connectivity index (χ3n) is 2.63. The van der Waals surface area contributed by atoms with Gasteiger partial charge in [-0.2, -0.15) is 26.3 Å². The summed E-state index contributed by atoms with van der Waals surface area (Å²) in [4.78, 5) is 11.3. The monoisotopic (exact) mass is 324 g/mol. The Bertz CT molecular complexity index is 342. The third kappa shape index (κ3) is 6.51. The highest BCUT2D eigenvalue weighted by atomic mass is 19.4. The number of ether oxygens (including phenoxy) is 1. The molecule has 1 atom stereocenters. The van der Waals surface area contributed by atoms with Crippen molar-refractivity contribution >= 4 is 5.91 Å². The fourth-order valence-corrected chi connectivity index (χ4v) is 1.66. The minimum absolute atomic E-state index is 0.247. The van der Waals surface area contributed by atoms with Crippen molar-refractivity contribution in [3.63, 3.8) is 0 Å². The zero-order valence-corrected chi connectivity index (χ0v) is 11.7. The molecule has 0 saturated carbocycles. The largest absolute Gasteiger partial charge is 0.423 e. The molecule has 4 nitrogen and oxygen atoms in total. The van der Waals surface area contributed by atoms with E-state index < -0.39 is 42.9 Å². The number of rotatable bonds is 7. The van der Waals surface area contributed by atoms with Gasteiger partial charge in [-0.3, -0.25) is 4.79 Å². The van der Waals surface area contributed by atoms with Crippen LogP contribution in [0, 0.1) is 0 Å². The molecule has 3 N–H and O–H groups in total. The number of halogens is 6. The van der Waals surface area contributed by atoms with Gasteiger partial charge in [-0.1, -0.05) is 0 Å². The molecule has 0 aromatic carbocycles. The van der Waals surface area contributed by atoms with Crippen molar-refractivity contribution in [3.8, 4) is 0 Å². The van der Waals surface area contributed by atoms with Gasteiger partial charge in [0, 0.05) is 6.04 Å². The van der Waals surface area contributed by atoms with E-state index in [-0.39, 0.29) is 6.04 Å². The van der Waals surface area contributed by atoms with E-state index in [1.54, 1.807) is 13.8 Å².